The fourth-order valence-electron chi connectivity index (χ4n) is 5.12. The number of halogens is 3. The smallest absolute Gasteiger partial charge is 0.406 e. The topological polar surface area (TPSA) is 84.6 Å². The summed E-state index contributed by atoms with van der Waals surface area (Å²) in [7, 11) is 0. The number of thioether (sulfide) groups is 1. The molecule has 1 aliphatic heterocycles. The van der Waals surface area contributed by atoms with E-state index in [1.54, 1.807) is 11.8 Å². The van der Waals surface area contributed by atoms with Gasteiger partial charge < -0.3 is 15.0 Å². The second-order valence-electron chi connectivity index (χ2n) is 11.1. The molecule has 5 rings (SSSR count). The van der Waals surface area contributed by atoms with E-state index < -0.39 is 6.36 Å². The van der Waals surface area contributed by atoms with Gasteiger partial charge in [-0.2, -0.15) is 4.99 Å². The van der Waals surface area contributed by atoms with Crippen LogP contribution in [-0.2, 0) is 0 Å². The van der Waals surface area contributed by atoms with Crippen LogP contribution < -0.4 is 15.0 Å². The zero-order chi connectivity index (χ0) is 32.0. The number of hydrogen-bond donors (Lipinski definition) is 1. The summed E-state index contributed by atoms with van der Waals surface area (Å²) < 4.78 is 42.7. The van der Waals surface area contributed by atoms with Crippen LogP contribution in [0.25, 0.3) is 17.1 Å². The summed E-state index contributed by atoms with van der Waals surface area (Å²) in [5, 5.41) is 8.14. The van der Waals surface area contributed by atoms with Crippen molar-refractivity contribution in [1.82, 2.24) is 20.1 Å². The molecule has 1 aliphatic rings. The quantitative estimate of drug-likeness (QED) is 0.177. The predicted molar refractivity (Wildman–Crippen MR) is 172 cm³/mol. The van der Waals surface area contributed by atoms with Gasteiger partial charge in [0.1, 0.15) is 12.1 Å². The van der Waals surface area contributed by atoms with Crippen LogP contribution in [0.4, 0.5) is 23.7 Å². The summed E-state index contributed by atoms with van der Waals surface area (Å²) in [6.07, 6.45) is -1.53. The molecule has 2 heterocycles. The minimum atomic E-state index is -4.74. The number of para-hydroxylation sites is 1. The van der Waals surface area contributed by atoms with Gasteiger partial charge in [-0.15, -0.1) is 18.3 Å². The molecule has 1 aromatic heterocycles. The maximum absolute atomic E-state index is 12.6. The minimum Gasteiger partial charge on any atom is -0.406 e. The van der Waals surface area contributed by atoms with Crippen LogP contribution in [0, 0.1) is 0 Å². The average Bonchev–Trinajstić information content (AvgIpc) is 3.69. The third-order valence-corrected chi connectivity index (χ3v) is 8.44. The Balaban J connectivity index is 1.10. The highest BCUT2D eigenvalue weighted by Crippen LogP contribution is 2.32. The van der Waals surface area contributed by atoms with Gasteiger partial charge in [0.15, 0.2) is 11.0 Å². The largest absolute Gasteiger partial charge is 0.573 e. The first-order valence-electron chi connectivity index (χ1n) is 14.8. The van der Waals surface area contributed by atoms with Crippen molar-refractivity contribution >= 4 is 28.6 Å². The molecule has 0 spiro atoms. The Morgan fingerprint density at radius 3 is 2.49 bits per heavy atom. The lowest BCUT2D eigenvalue weighted by Crippen LogP contribution is -2.28. The number of benzene rings is 3. The van der Waals surface area contributed by atoms with Crippen molar-refractivity contribution < 1.29 is 22.7 Å². The summed E-state index contributed by atoms with van der Waals surface area (Å²) in [5.74, 6) is 1.75. The number of carbonyl (C=O) groups excluding carboxylic acids is 1. The Bertz CT molecular complexity index is 1620. The predicted octanol–water partition coefficient (Wildman–Crippen LogP) is 8.16. The van der Waals surface area contributed by atoms with Gasteiger partial charge >= 0.3 is 12.4 Å². The number of alkyl halides is 3. The van der Waals surface area contributed by atoms with Gasteiger partial charge in [0.25, 0.3) is 0 Å². The Hall–Kier alpha value is -4.32. The van der Waals surface area contributed by atoms with Crippen LogP contribution in [0.2, 0.25) is 0 Å². The lowest BCUT2D eigenvalue weighted by molar-refractivity contribution is -0.274. The van der Waals surface area contributed by atoms with E-state index in [0.29, 0.717) is 24.0 Å². The highest BCUT2D eigenvalue weighted by Gasteiger charge is 2.31. The first-order valence-corrected chi connectivity index (χ1v) is 15.8. The Labute approximate surface area is 264 Å². The number of ether oxygens (including phenoxy) is 1. The van der Waals surface area contributed by atoms with Crippen molar-refractivity contribution in [3.8, 4) is 22.8 Å². The molecule has 0 aliphatic carbocycles. The van der Waals surface area contributed by atoms with Gasteiger partial charge in [-0.05, 0) is 66.1 Å². The van der Waals surface area contributed by atoms with E-state index in [-0.39, 0.29) is 17.7 Å². The van der Waals surface area contributed by atoms with Gasteiger partial charge in [0, 0.05) is 30.1 Å². The number of amidine groups is 1. The molecule has 236 valence electrons. The summed E-state index contributed by atoms with van der Waals surface area (Å²) in [6, 6.07) is 21.4. The number of hydrogen-bond acceptors (Lipinski definition) is 5. The number of nitrogens with zero attached hydrogens (tertiary/aromatic N) is 5. The molecule has 1 N–H and O–H groups in total. The van der Waals surface area contributed by atoms with Crippen molar-refractivity contribution in [2.75, 3.05) is 23.7 Å². The van der Waals surface area contributed by atoms with Gasteiger partial charge in [0.05, 0.1) is 5.69 Å². The number of aliphatic imine (C=N–C) groups is 1. The SMILES string of the molecule is CC(C)c1ccccc1N1CCSC1=NC(=O)NCCCC(C)c1ccc(-c2ncn(-c3ccc(OC(F)(F)F)cc3)n2)cc1. The molecule has 0 saturated carbocycles. The lowest BCUT2D eigenvalue weighted by Gasteiger charge is -2.23. The fourth-order valence-corrected chi connectivity index (χ4v) is 6.07. The average molecular weight is 637 g/mol. The van der Waals surface area contributed by atoms with Crippen LogP contribution >= 0.6 is 11.8 Å². The van der Waals surface area contributed by atoms with E-state index in [4.69, 9.17) is 0 Å². The van der Waals surface area contributed by atoms with Gasteiger partial charge in [0.2, 0.25) is 0 Å². The molecule has 1 unspecified atom stereocenters. The molecular formula is C33H35F3N6O2S. The minimum absolute atomic E-state index is 0.277. The number of amides is 2. The summed E-state index contributed by atoms with van der Waals surface area (Å²) in [5.41, 5.74) is 4.90. The van der Waals surface area contributed by atoms with E-state index in [1.807, 2.05) is 36.4 Å². The maximum atomic E-state index is 12.6. The van der Waals surface area contributed by atoms with Gasteiger partial charge in [-0.25, -0.2) is 14.5 Å². The maximum Gasteiger partial charge on any atom is 0.573 e. The lowest BCUT2D eigenvalue weighted by atomic mass is 9.95. The van der Waals surface area contributed by atoms with Crippen LogP contribution in [0.3, 0.4) is 0 Å². The monoisotopic (exact) mass is 636 g/mol. The van der Waals surface area contributed by atoms with Crippen molar-refractivity contribution in [2.45, 2.75) is 51.8 Å². The van der Waals surface area contributed by atoms with Crippen molar-refractivity contribution in [3.63, 3.8) is 0 Å². The Morgan fingerprint density at radius 2 is 1.78 bits per heavy atom. The Morgan fingerprint density at radius 1 is 1.04 bits per heavy atom. The molecule has 0 radical (unpaired) electrons. The molecule has 2 amide bonds. The number of nitrogens with one attached hydrogen (secondary N) is 1. The summed E-state index contributed by atoms with van der Waals surface area (Å²) >= 11 is 1.60. The molecule has 4 aromatic rings. The van der Waals surface area contributed by atoms with Crippen LogP contribution in [0.1, 0.15) is 56.6 Å². The van der Waals surface area contributed by atoms with Crippen molar-refractivity contribution in [2.24, 2.45) is 4.99 Å². The van der Waals surface area contributed by atoms with E-state index in [2.05, 4.69) is 62.9 Å². The van der Waals surface area contributed by atoms with Crippen molar-refractivity contribution in [1.29, 1.82) is 0 Å². The van der Waals surface area contributed by atoms with E-state index in [9.17, 15) is 18.0 Å². The first kappa shape index (κ1) is 32.1. The van der Waals surface area contributed by atoms with Crippen LogP contribution in [0.5, 0.6) is 5.75 Å². The van der Waals surface area contributed by atoms with E-state index in [0.717, 1.165) is 47.1 Å². The standard InChI is InChI=1S/C33H35F3N6O2S/c1-22(2)28-8-4-5-9-29(28)41-19-20-45-32(41)39-31(43)37-18-6-7-23(3)24-10-12-25(13-11-24)30-38-21-42(40-30)26-14-16-27(17-15-26)44-33(34,35)36/h4-5,8-17,21-23H,6-7,18-20H2,1-3H3,(H,37,43). The molecule has 8 nitrogen and oxygen atoms in total. The molecule has 3 aromatic carbocycles. The fraction of sp³-hybridized carbons (Fsp3) is 0.333. The van der Waals surface area contributed by atoms with Crippen LogP contribution in [-0.4, -0.2) is 51.2 Å². The molecule has 1 fully saturated rings. The zero-order valence-corrected chi connectivity index (χ0v) is 26.1. The molecule has 1 atom stereocenters. The number of carbonyl (C=O) groups is 1. The molecule has 1 saturated heterocycles. The highest BCUT2D eigenvalue weighted by molar-refractivity contribution is 8.14. The molecule has 12 heteroatoms. The highest BCUT2D eigenvalue weighted by atomic mass is 32.2. The third kappa shape index (κ3) is 8.44. The van der Waals surface area contributed by atoms with Gasteiger partial charge in [-0.3, -0.25) is 0 Å². The number of aromatic nitrogens is 3. The van der Waals surface area contributed by atoms with Crippen LogP contribution in [0.15, 0.2) is 84.1 Å². The number of urea groups is 1. The second kappa shape index (κ2) is 14.2. The number of rotatable bonds is 10. The summed E-state index contributed by atoms with van der Waals surface area (Å²) in [6.45, 7) is 7.85. The molecule has 45 heavy (non-hydrogen) atoms. The second-order valence-corrected chi connectivity index (χ2v) is 12.1. The Kier molecular flexibility index (Phi) is 10.1. The third-order valence-electron chi connectivity index (χ3n) is 7.48. The van der Waals surface area contributed by atoms with Crippen molar-refractivity contribution in [3.05, 3.63) is 90.3 Å². The molecular weight excluding hydrogens is 601 g/mol. The molecule has 0 bridgehead atoms. The normalized spacial score (nSPS) is 15.1. The number of anilines is 1. The van der Waals surface area contributed by atoms with E-state index >= 15 is 0 Å². The van der Waals surface area contributed by atoms with E-state index in [1.165, 1.54) is 40.8 Å². The first-order chi connectivity index (χ1) is 21.6. The van der Waals surface area contributed by atoms with Gasteiger partial charge in [-0.1, -0.05) is 75.0 Å². The zero-order valence-electron chi connectivity index (χ0n) is 25.3. The summed E-state index contributed by atoms with van der Waals surface area (Å²) in [4.78, 5) is 23.5.